The standard InChI is InChI=1S/C44H78NO13P/c1-3-5-7-8-9-10-11-12-13-14-15-16-17-18-23-27-42(47)53-32-36(33-54-59(51,52)55-34-39(45)44(49)50)56-43(48)28-24-20-19-22-26-37-38(41-31-40(37)57-58-41)30-29-35(46)25-21-6-4-2/h19,22,29-30,35-41,46H,3-18,20-21,23-28,31-34,45H2,1-2H3,(H,49,50)(H,51,52)/b22-19-,30-29+. The number of ether oxygens (including phenoxy) is 2. The van der Waals surface area contributed by atoms with E-state index in [-0.39, 0.29) is 36.9 Å². The van der Waals surface area contributed by atoms with Crippen LogP contribution in [0.4, 0.5) is 0 Å². The zero-order chi connectivity index (χ0) is 43.1. The fraction of sp³-hybridized carbons (Fsp3) is 0.841. The van der Waals surface area contributed by atoms with Crippen LogP contribution in [0.2, 0.25) is 0 Å². The molecular formula is C44H78NO13P. The number of unbranched alkanes of at least 4 members (excludes halogenated alkanes) is 17. The number of esters is 2. The van der Waals surface area contributed by atoms with Crippen LogP contribution in [0.3, 0.4) is 0 Å². The van der Waals surface area contributed by atoms with Gasteiger partial charge >= 0.3 is 25.7 Å². The number of carbonyl (C=O) groups is 3. The second kappa shape index (κ2) is 32.5. The Hall–Kier alpha value is -2.16. The zero-order valence-electron chi connectivity index (χ0n) is 36.1. The van der Waals surface area contributed by atoms with Gasteiger partial charge in [0.1, 0.15) is 18.8 Å². The second-order valence-electron chi connectivity index (χ2n) is 16.3. The topological polar surface area (TPSA) is 210 Å². The fourth-order valence-electron chi connectivity index (χ4n) is 7.43. The molecule has 0 amide bonds. The van der Waals surface area contributed by atoms with Crippen molar-refractivity contribution >= 4 is 25.7 Å². The van der Waals surface area contributed by atoms with E-state index in [9.17, 15) is 28.9 Å². The number of carboxylic acids is 1. The molecule has 0 aromatic heterocycles. The average Bonchev–Trinajstić information content (AvgIpc) is 3.82. The molecule has 14 nitrogen and oxygen atoms in total. The zero-order valence-corrected chi connectivity index (χ0v) is 37.0. The van der Waals surface area contributed by atoms with E-state index < -0.39 is 63.8 Å². The molecule has 2 rings (SSSR count). The number of rotatable bonds is 38. The second-order valence-corrected chi connectivity index (χ2v) is 17.7. The lowest BCUT2D eigenvalue weighted by molar-refractivity contribution is -0.336. The highest BCUT2D eigenvalue weighted by molar-refractivity contribution is 7.47. The molecule has 0 aromatic rings. The van der Waals surface area contributed by atoms with Crippen molar-refractivity contribution in [2.45, 2.75) is 205 Å². The molecule has 1 aliphatic heterocycles. The maximum absolute atomic E-state index is 12.8. The van der Waals surface area contributed by atoms with Gasteiger partial charge in [-0.05, 0) is 32.1 Å². The number of carbonyl (C=O) groups excluding carboxylic acids is 2. The first-order valence-corrected chi connectivity index (χ1v) is 24.2. The SMILES string of the molecule is CCCCCCCCCCCCCCCCCC(=O)OCC(COP(=O)(O)OCC(N)C(=O)O)OC(=O)CCC/C=C\CC1C2CC(OO2)C1/C=C/C(O)CCCCC. The van der Waals surface area contributed by atoms with E-state index in [2.05, 4.69) is 30.5 Å². The van der Waals surface area contributed by atoms with Gasteiger partial charge in [0, 0.05) is 31.1 Å². The van der Waals surface area contributed by atoms with Gasteiger partial charge in [0.25, 0.3) is 0 Å². The van der Waals surface area contributed by atoms with E-state index in [0.717, 1.165) is 57.8 Å². The Kier molecular flexibility index (Phi) is 29.2. The molecule has 0 radical (unpaired) electrons. The summed E-state index contributed by atoms with van der Waals surface area (Å²) in [5.74, 6) is -2.13. The number of aliphatic carboxylic acids is 1. The third kappa shape index (κ3) is 25.4. The molecule has 15 heteroatoms. The summed E-state index contributed by atoms with van der Waals surface area (Å²) in [5, 5.41) is 19.3. The highest BCUT2D eigenvalue weighted by Gasteiger charge is 2.49. The normalized spacial score (nSPS) is 21.5. The molecule has 5 N–H and O–H groups in total. The minimum absolute atomic E-state index is 0.00245. The fourth-order valence-corrected chi connectivity index (χ4v) is 8.21. The monoisotopic (exact) mass is 860 g/mol. The van der Waals surface area contributed by atoms with Crippen LogP contribution >= 0.6 is 7.82 Å². The Bertz CT molecular complexity index is 1250. The molecule has 2 aliphatic rings. The molecule has 2 fully saturated rings. The Morgan fingerprint density at radius 2 is 1.31 bits per heavy atom. The highest BCUT2D eigenvalue weighted by atomic mass is 31.2. The van der Waals surface area contributed by atoms with E-state index in [1.807, 2.05) is 12.2 Å². The summed E-state index contributed by atoms with van der Waals surface area (Å²) in [5.41, 5.74) is 5.34. The number of hydrogen-bond acceptors (Lipinski definition) is 12. The van der Waals surface area contributed by atoms with Gasteiger partial charge in [0.2, 0.25) is 0 Å². The van der Waals surface area contributed by atoms with Crippen LogP contribution in [0.5, 0.6) is 0 Å². The first-order chi connectivity index (χ1) is 28.5. The Balaban J connectivity index is 1.72. The van der Waals surface area contributed by atoms with E-state index in [0.29, 0.717) is 19.3 Å². The lowest BCUT2D eigenvalue weighted by Crippen LogP contribution is -2.34. The van der Waals surface area contributed by atoms with Crippen LogP contribution in [0.1, 0.15) is 174 Å². The predicted octanol–water partition coefficient (Wildman–Crippen LogP) is 9.20. The summed E-state index contributed by atoms with van der Waals surface area (Å²) >= 11 is 0. The molecule has 0 aromatic carbocycles. The number of allylic oxidation sites excluding steroid dienone is 2. The van der Waals surface area contributed by atoms with Gasteiger partial charge in [-0.15, -0.1) is 0 Å². The summed E-state index contributed by atoms with van der Waals surface area (Å²) in [7, 11) is -4.76. The van der Waals surface area contributed by atoms with Gasteiger partial charge in [-0.25, -0.2) is 14.3 Å². The molecule has 0 spiro atoms. The van der Waals surface area contributed by atoms with Gasteiger partial charge in [-0.3, -0.25) is 23.4 Å². The number of carboxylic acid groups (broad SMARTS) is 1. The minimum Gasteiger partial charge on any atom is -0.480 e. The number of hydrogen-bond donors (Lipinski definition) is 4. The van der Waals surface area contributed by atoms with Crippen LogP contribution in [0.25, 0.3) is 0 Å². The van der Waals surface area contributed by atoms with Crippen molar-refractivity contribution in [1.82, 2.24) is 0 Å². The largest absolute Gasteiger partial charge is 0.480 e. The van der Waals surface area contributed by atoms with Crippen LogP contribution in [0, 0.1) is 11.8 Å². The third-order valence-electron chi connectivity index (χ3n) is 11.0. The number of aliphatic hydroxyl groups is 1. The van der Waals surface area contributed by atoms with Crippen molar-refractivity contribution in [3.8, 4) is 0 Å². The van der Waals surface area contributed by atoms with Crippen molar-refractivity contribution in [3.63, 3.8) is 0 Å². The van der Waals surface area contributed by atoms with E-state index >= 15 is 0 Å². The maximum atomic E-state index is 12.8. The van der Waals surface area contributed by atoms with Crippen molar-refractivity contribution in [1.29, 1.82) is 0 Å². The van der Waals surface area contributed by atoms with Crippen LogP contribution in [-0.2, 0) is 47.2 Å². The van der Waals surface area contributed by atoms with Crippen molar-refractivity contribution in [2.24, 2.45) is 17.6 Å². The first-order valence-electron chi connectivity index (χ1n) is 22.7. The predicted molar refractivity (Wildman–Crippen MR) is 226 cm³/mol. The molecule has 1 saturated carbocycles. The van der Waals surface area contributed by atoms with Crippen molar-refractivity contribution in [3.05, 3.63) is 24.3 Å². The molecule has 2 bridgehead atoms. The highest BCUT2D eigenvalue weighted by Crippen LogP contribution is 2.45. The van der Waals surface area contributed by atoms with Gasteiger partial charge in [0.15, 0.2) is 6.10 Å². The van der Waals surface area contributed by atoms with Crippen molar-refractivity contribution < 1.29 is 62.4 Å². The molecule has 59 heavy (non-hydrogen) atoms. The first kappa shape index (κ1) is 53.0. The number of nitrogens with two attached hydrogens (primary N) is 1. The van der Waals surface area contributed by atoms with Crippen LogP contribution in [0.15, 0.2) is 24.3 Å². The lowest BCUT2D eigenvalue weighted by atomic mass is 9.89. The summed E-state index contributed by atoms with van der Waals surface area (Å²) in [6, 6.07) is -1.55. The number of phosphoric ester groups is 1. The summed E-state index contributed by atoms with van der Waals surface area (Å²) in [4.78, 5) is 57.2. The van der Waals surface area contributed by atoms with Gasteiger partial charge in [0.05, 0.1) is 25.4 Å². The van der Waals surface area contributed by atoms with Gasteiger partial charge in [-0.2, -0.15) is 0 Å². The Labute approximate surface area is 353 Å². The lowest BCUT2D eigenvalue weighted by Gasteiger charge is -2.27. The number of phosphoric acid groups is 1. The molecule has 1 heterocycles. The van der Waals surface area contributed by atoms with Crippen LogP contribution in [-0.4, -0.2) is 83.3 Å². The summed E-state index contributed by atoms with van der Waals surface area (Å²) in [6.45, 7) is 2.58. The number of fused-ring (bicyclic) bond motifs is 2. The molecule has 8 atom stereocenters. The Morgan fingerprint density at radius 1 is 0.746 bits per heavy atom. The molecule has 8 unspecified atom stereocenters. The summed E-state index contributed by atoms with van der Waals surface area (Å²) in [6.07, 6.45) is 31.3. The average molecular weight is 860 g/mol. The van der Waals surface area contributed by atoms with Crippen LogP contribution < -0.4 is 5.73 Å². The third-order valence-corrected chi connectivity index (χ3v) is 12.0. The smallest absolute Gasteiger partial charge is 0.472 e. The molecule has 1 aliphatic carbocycles. The van der Waals surface area contributed by atoms with E-state index in [4.69, 9.17) is 34.6 Å². The Morgan fingerprint density at radius 3 is 1.93 bits per heavy atom. The van der Waals surface area contributed by atoms with E-state index in [1.165, 1.54) is 70.6 Å². The molecule has 342 valence electrons. The quantitative estimate of drug-likeness (QED) is 0.0150. The maximum Gasteiger partial charge on any atom is 0.472 e. The number of aliphatic hydroxyl groups excluding tert-OH is 1. The minimum atomic E-state index is -4.76. The van der Waals surface area contributed by atoms with Gasteiger partial charge < -0.3 is 30.3 Å². The van der Waals surface area contributed by atoms with Crippen molar-refractivity contribution in [2.75, 3.05) is 19.8 Å². The van der Waals surface area contributed by atoms with Gasteiger partial charge in [-0.1, -0.05) is 147 Å². The molecular weight excluding hydrogens is 781 g/mol. The summed E-state index contributed by atoms with van der Waals surface area (Å²) < 4.78 is 32.8. The van der Waals surface area contributed by atoms with E-state index in [1.54, 1.807) is 0 Å². The molecule has 1 saturated heterocycles.